The topological polar surface area (TPSA) is 85.9 Å². The summed E-state index contributed by atoms with van der Waals surface area (Å²) in [4.78, 5) is 46.9. The number of benzene rings is 1. The van der Waals surface area contributed by atoms with E-state index in [9.17, 15) is 14.4 Å². The number of piperazine rings is 1. The van der Waals surface area contributed by atoms with Crippen molar-refractivity contribution >= 4 is 23.4 Å². The molecule has 178 valence electrons. The van der Waals surface area contributed by atoms with Gasteiger partial charge < -0.3 is 9.80 Å². The van der Waals surface area contributed by atoms with E-state index in [1.165, 1.54) is 16.5 Å². The lowest BCUT2D eigenvalue weighted by molar-refractivity contribution is -0.136. The van der Waals surface area contributed by atoms with Crippen LogP contribution in [0.1, 0.15) is 45.7 Å². The van der Waals surface area contributed by atoms with E-state index < -0.39 is 17.8 Å². The number of amides is 3. The molecule has 4 heterocycles. The van der Waals surface area contributed by atoms with Crippen molar-refractivity contribution in [3.8, 4) is 0 Å². The molecule has 0 radical (unpaired) electrons. The minimum Gasteiger partial charge on any atom is -0.367 e. The number of fused-ring (bicyclic) bond motifs is 1. The third-order valence-electron chi connectivity index (χ3n) is 6.85. The van der Waals surface area contributed by atoms with Crippen molar-refractivity contribution in [3.05, 3.63) is 58.2 Å². The maximum atomic E-state index is 15.1. The van der Waals surface area contributed by atoms with E-state index in [0.717, 1.165) is 36.6 Å². The first kappa shape index (κ1) is 22.5. The number of hydrogen-bond donors (Lipinski definition) is 1. The van der Waals surface area contributed by atoms with Gasteiger partial charge in [-0.25, -0.2) is 4.39 Å². The first-order valence-electron chi connectivity index (χ1n) is 11.7. The third-order valence-corrected chi connectivity index (χ3v) is 6.85. The van der Waals surface area contributed by atoms with E-state index in [4.69, 9.17) is 0 Å². The zero-order chi connectivity index (χ0) is 24.0. The lowest BCUT2D eigenvalue weighted by Gasteiger charge is -2.36. The number of rotatable bonds is 4. The molecule has 0 spiro atoms. The van der Waals surface area contributed by atoms with Gasteiger partial charge in [-0.1, -0.05) is 0 Å². The van der Waals surface area contributed by atoms with Crippen LogP contribution in [0.5, 0.6) is 0 Å². The number of aryl methyl sites for hydroxylation is 2. The Balaban J connectivity index is 1.27. The van der Waals surface area contributed by atoms with Gasteiger partial charge in [0.05, 0.1) is 5.69 Å². The summed E-state index contributed by atoms with van der Waals surface area (Å²) in [6.07, 6.45) is 0.483. The summed E-state index contributed by atoms with van der Waals surface area (Å²) in [6.45, 7) is 8.05. The Hall–Kier alpha value is -3.33. The zero-order valence-corrected chi connectivity index (χ0v) is 19.4. The number of nitrogens with one attached hydrogen (secondary N) is 1. The molecular weight excluding hydrogens is 437 g/mol. The molecule has 5 rings (SSSR count). The van der Waals surface area contributed by atoms with E-state index >= 15 is 4.39 Å². The Labute approximate surface area is 197 Å². The highest BCUT2D eigenvalue weighted by atomic mass is 19.1. The molecule has 3 amide bonds. The highest BCUT2D eigenvalue weighted by Crippen LogP contribution is 2.33. The number of imide groups is 1. The van der Waals surface area contributed by atoms with Crippen molar-refractivity contribution in [1.82, 2.24) is 20.1 Å². The van der Waals surface area contributed by atoms with Crippen LogP contribution in [0.2, 0.25) is 0 Å². The van der Waals surface area contributed by atoms with Gasteiger partial charge in [-0.3, -0.25) is 29.6 Å². The van der Waals surface area contributed by atoms with Gasteiger partial charge in [0.2, 0.25) is 11.8 Å². The molecule has 2 aromatic rings. The standard InChI is InChI=1S/C25H28FN5O3/c1-15-9-17(10-16(2)27-15)13-29-5-7-30(8-6-29)22-11-18-14-31(25(34)19(18)12-20(22)26)21-3-4-23(32)28-24(21)33/h9-12,21H,3-8,13-14H2,1-2H3,(H,28,32,33). The predicted molar refractivity (Wildman–Crippen MR) is 124 cm³/mol. The summed E-state index contributed by atoms with van der Waals surface area (Å²) in [5, 5.41) is 2.29. The Morgan fingerprint density at radius 2 is 1.74 bits per heavy atom. The summed E-state index contributed by atoms with van der Waals surface area (Å²) >= 11 is 0. The molecule has 1 unspecified atom stereocenters. The number of halogens is 1. The van der Waals surface area contributed by atoms with Gasteiger partial charge in [-0.15, -0.1) is 0 Å². The Morgan fingerprint density at radius 1 is 1.03 bits per heavy atom. The average Bonchev–Trinajstić information content (AvgIpc) is 3.08. The Kier molecular flexibility index (Phi) is 5.81. The van der Waals surface area contributed by atoms with Crippen LogP contribution in [0.3, 0.4) is 0 Å². The number of aromatic nitrogens is 1. The maximum Gasteiger partial charge on any atom is 0.255 e. The molecule has 0 aliphatic carbocycles. The van der Waals surface area contributed by atoms with Crippen LogP contribution in [-0.2, 0) is 22.7 Å². The molecule has 1 aromatic heterocycles. The molecule has 34 heavy (non-hydrogen) atoms. The molecule has 9 heteroatoms. The van der Waals surface area contributed by atoms with E-state index in [-0.39, 0.29) is 31.2 Å². The monoisotopic (exact) mass is 465 g/mol. The fourth-order valence-electron chi connectivity index (χ4n) is 5.24. The van der Waals surface area contributed by atoms with Gasteiger partial charge in [-0.05, 0) is 55.7 Å². The highest BCUT2D eigenvalue weighted by molar-refractivity contribution is 6.05. The minimum atomic E-state index is -0.701. The molecule has 0 bridgehead atoms. The van der Waals surface area contributed by atoms with Crippen molar-refractivity contribution in [2.75, 3.05) is 31.1 Å². The van der Waals surface area contributed by atoms with Gasteiger partial charge in [0.15, 0.2) is 0 Å². The molecule has 1 aromatic carbocycles. The van der Waals surface area contributed by atoms with Crippen molar-refractivity contribution in [2.45, 2.75) is 45.8 Å². The molecular formula is C25H28FN5O3. The molecule has 2 saturated heterocycles. The lowest BCUT2D eigenvalue weighted by Crippen LogP contribution is -2.52. The first-order chi connectivity index (χ1) is 16.3. The van der Waals surface area contributed by atoms with Crippen LogP contribution in [0.25, 0.3) is 0 Å². The number of carbonyl (C=O) groups excluding carboxylic acids is 3. The fraction of sp³-hybridized carbons (Fsp3) is 0.440. The fourth-order valence-corrected chi connectivity index (χ4v) is 5.24. The summed E-state index contributed by atoms with van der Waals surface area (Å²) in [5.41, 5.74) is 4.76. The second-order valence-electron chi connectivity index (χ2n) is 9.38. The van der Waals surface area contributed by atoms with E-state index in [1.54, 1.807) is 6.07 Å². The molecule has 8 nitrogen and oxygen atoms in total. The van der Waals surface area contributed by atoms with Crippen molar-refractivity contribution in [3.63, 3.8) is 0 Å². The Morgan fingerprint density at radius 3 is 2.41 bits per heavy atom. The van der Waals surface area contributed by atoms with Crippen LogP contribution < -0.4 is 10.2 Å². The molecule has 1 atom stereocenters. The summed E-state index contributed by atoms with van der Waals surface area (Å²) in [7, 11) is 0. The Bertz CT molecular complexity index is 1160. The number of piperidine rings is 1. The highest BCUT2D eigenvalue weighted by Gasteiger charge is 2.39. The second-order valence-corrected chi connectivity index (χ2v) is 9.38. The average molecular weight is 466 g/mol. The van der Waals surface area contributed by atoms with Gasteiger partial charge in [-0.2, -0.15) is 0 Å². The van der Waals surface area contributed by atoms with Crippen molar-refractivity contribution < 1.29 is 18.8 Å². The van der Waals surface area contributed by atoms with Crippen molar-refractivity contribution in [1.29, 1.82) is 0 Å². The van der Waals surface area contributed by atoms with Crippen LogP contribution in [0, 0.1) is 19.7 Å². The quantitative estimate of drug-likeness (QED) is 0.695. The second kappa shape index (κ2) is 8.79. The van der Waals surface area contributed by atoms with Gasteiger partial charge >= 0.3 is 0 Å². The summed E-state index contributed by atoms with van der Waals surface area (Å²) in [6, 6.07) is 6.55. The normalized spacial score (nSPS) is 21.1. The van der Waals surface area contributed by atoms with Gasteiger partial charge in [0.1, 0.15) is 11.9 Å². The number of pyridine rings is 1. The SMILES string of the molecule is Cc1cc(CN2CCN(c3cc4c(cc3F)C(=O)N(C3CCC(=O)NC3=O)C4)CC2)cc(C)n1. The summed E-state index contributed by atoms with van der Waals surface area (Å²) in [5.74, 6) is -1.57. The number of carbonyl (C=O) groups is 3. The lowest BCUT2D eigenvalue weighted by atomic mass is 10.0. The van der Waals surface area contributed by atoms with Crippen LogP contribution in [0.15, 0.2) is 24.3 Å². The molecule has 3 aliphatic rings. The van der Waals surface area contributed by atoms with Crippen LogP contribution >= 0.6 is 0 Å². The molecule has 2 fully saturated rings. The minimum absolute atomic E-state index is 0.194. The predicted octanol–water partition coefficient (Wildman–Crippen LogP) is 1.92. The van der Waals surface area contributed by atoms with Crippen LogP contribution in [-0.4, -0.2) is 64.7 Å². The molecule has 1 N–H and O–H groups in total. The third kappa shape index (κ3) is 4.27. The van der Waals surface area contributed by atoms with Crippen LogP contribution in [0.4, 0.5) is 10.1 Å². The largest absolute Gasteiger partial charge is 0.367 e. The van der Waals surface area contributed by atoms with Crippen molar-refractivity contribution in [2.24, 2.45) is 0 Å². The zero-order valence-electron chi connectivity index (χ0n) is 19.4. The molecule has 3 aliphatic heterocycles. The van der Waals surface area contributed by atoms with Gasteiger partial charge in [0, 0.05) is 62.6 Å². The van der Waals surface area contributed by atoms with E-state index in [2.05, 4.69) is 27.3 Å². The number of hydrogen-bond acceptors (Lipinski definition) is 6. The summed E-state index contributed by atoms with van der Waals surface area (Å²) < 4.78 is 15.1. The first-order valence-corrected chi connectivity index (χ1v) is 11.7. The molecule has 0 saturated carbocycles. The number of nitrogens with zero attached hydrogens (tertiary/aromatic N) is 4. The van der Waals surface area contributed by atoms with Gasteiger partial charge in [0.25, 0.3) is 5.91 Å². The smallest absolute Gasteiger partial charge is 0.255 e. The maximum absolute atomic E-state index is 15.1. The van der Waals surface area contributed by atoms with E-state index in [0.29, 0.717) is 24.3 Å². The number of anilines is 1. The van der Waals surface area contributed by atoms with E-state index in [1.807, 2.05) is 18.7 Å².